The topological polar surface area (TPSA) is 42.0 Å². The van der Waals surface area contributed by atoms with E-state index in [1.54, 1.807) is 11.3 Å². The molecule has 0 spiro atoms. The highest BCUT2D eigenvalue weighted by Gasteiger charge is 2.08. The Morgan fingerprint density at radius 2 is 1.75 bits per heavy atom. The fraction of sp³-hybridized carbons (Fsp3) is 0.304. The minimum absolute atomic E-state index is 0.0702. The zero-order chi connectivity index (χ0) is 19.8. The Morgan fingerprint density at radius 1 is 1.04 bits per heavy atom. The van der Waals surface area contributed by atoms with Crippen molar-refractivity contribution in [2.24, 2.45) is 0 Å². The summed E-state index contributed by atoms with van der Waals surface area (Å²) in [5.41, 5.74) is 4.99. The highest BCUT2D eigenvalue weighted by atomic mass is 35.5. The van der Waals surface area contributed by atoms with Crippen LogP contribution in [-0.2, 0) is 18.8 Å². The molecular weight excluding hydrogens is 388 g/mol. The number of thiazole rings is 1. The van der Waals surface area contributed by atoms with Crippen molar-refractivity contribution in [3.05, 3.63) is 76.3 Å². The van der Waals surface area contributed by atoms with Gasteiger partial charge in [-0.25, -0.2) is 4.98 Å². The quantitative estimate of drug-likeness (QED) is 0.335. The summed E-state index contributed by atoms with van der Waals surface area (Å²) in [5.74, 6) is 0.343. The molecule has 28 heavy (non-hydrogen) atoms. The number of benzene rings is 2. The molecule has 0 bridgehead atoms. The molecule has 0 atom stereocenters. The SMILES string of the molecule is CCCCCc1ccc(CNC(=O)c2ccc(-c3nc(CCl)cs3)cc2)cc1. The first-order valence-electron chi connectivity index (χ1n) is 9.66. The standard InChI is InChI=1S/C23H25ClN2OS/c1-2-3-4-5-17-6-8-18(9-7-17)15-25-22(27)19-10-12-20(13-11-19)23-26-21(14-24)16-28-23/h6-13,16H,2-5,14-15H2,1H3,(H,25,27). The van der Waals surface area contributed by atoms with Gasteiger partial charge >= 0.3 is 0 Å². The van der Waals surface area contributed by atoms with Crippen LogP contribution in [0.5, 0.6) is 0 Å². The smallest absolute Gasteiger partial charge is 0.251 e. The molecule has 3 nitrogen and oxygen atoms in total. The van der Waals surface area contributed by atoms with E-state index in [0.717, 1.165) is 28.2 Å². The molecule has 0 aliphatic carbocycles. The third-order valence-corrected chi connectivity index (χ3v) is 5.84. The molecule has 1 N–H and O–H groups in total. The molecule has 0 radical (unpaired) electrons. The van der Waals surface area contributed by atoms with Crippen molar-refractivity contribution in [1.82, 2.24) is 10.3 Å². The van der Waals surface area contributed by atoms with Crippen LogP contribution in [-0.4, -0.2) is 10.9 Å². The predicted octanol–water partition coefficient (Wildman–Crippen LogP) is 6.21. The average Bonchev–Trinajstić information content (AvgIpc) is 3.22. The summed E-state index contributed by atoms with van der Waals surface area (Å²) >= 11 is 7.37. The molecule has 0 fully saturated rings. The van der Waals surface area contributed by atoms with Crippen molar-refractivity contribution >= 4 is 28.8 Å². The molecule has 0 saturated carbocycles. The summed E-state index contributed by atoms with van der Waals surface area (Å²) in [7, 11) is 0. The Hall–Kier alpha value is -2.17. The Kier molecular flexibility index (Phi) is 7.63. The number of halogens is 1. The van der Waals surface area contributed by atoms with Crippen LogP contribution in [0.2, 0.25) is 0 Å². The van der Waals surface area contributed by atoms with Gasteiger partial charge in [0.15, 0.2) is 0 Å². The van der Waals surface area contributed by atoms with Crippen molar-refractivity contribution in [2.75, 3.05) is 0 Å². The van der Waals surface area contributed by atoms with Gasteiger partial charge in [0.2, 0.25) is 0 Å². The summed E-state index contributed by atoms with van der Waals surface area (Å²) < 4.78 is 0. The van der Waals surface area contributed by atoms with Gasteiger partial charge in [0.1, 0.15) is 5.01 Å². The number of rotatable bonds is 9. The lowest BCUT2D eigenvalue weighted by atomic mass is 10.1. The molecular formula is C23H25ClN2OS. The number of carbonyl (C=O) groups is 1. The van der Waals surface area contributed by atoms with Gasteiger partial charge in [-0.15, -0.1) is 22.9 Å². The van der Waals surface area contributed by atoms with E-state index in [4.69, 9.17) is 11.6 Å². The molecule has 1 amide bonds. The lowest BCUT2D eigenvalue weighted by Gasteiger charge is -2.07. The monoisotopic (exact) mass is 412 g/mol. The molecule has 0 unspecified atom stereocenters. The molecule has 1 aromatic heterocycles. The summed E-state index contributed by atoms with van der Waals surface area (Å²) in [5, 5.41) is 5.86. The van der Waals surface area contributed by atoms with Crippen LogP contribution in [0, 0.1) is 0 Å². The van der Waals surface area contributed by atoms with Crippen LogP contribution < -0.4 is 5.32 Å². The van der Waals surface area contributed by atoms with Gasteiger partial charge in [0.25, 0.3) is 5.91 Å². The second-order valence-electron chi connectivity index (χ2n) is 6.81. The Labute approximate surface area is 175 Å². The molecule has 146 valence electrons. The summed E-state index contributed by atoms with van der Waals surface area (Å²) in [6.45, 7) is 2.75. The van der Waals surface area contributed by atoms with Crippen molar-refractivity contribution in [1.29, 1.82) is 0 Å². The fourth-order valence-corrected chi connectivity index (χ4v) is 4.01. The third kappa shape index (κ3) is 5.66. The number of hydrogen-bond donors (Lipinski definition) is 1. The maximum atomic E-state index is 12.4. The lowest BCUT2D eigenvalue weighted by Crippen LogP contribution is -2.22. The first kappa shape index (κ1) is 20.6. The van der Waals surface area contributed by atoms with Gasteiger partial charge in [-0.2, -0.15) is 0 Å². The zero-order valence-electron chi connectivity index (χ0n) is 16.1. The molecule has 1 heterocycles. The van der Waals surface area contributed by atoms with E-state index in [2.05, 4.69) is 41.5 Å². The largest absolute Gasteiger partial charge is 0.348 e. The molecule has 0 saturated heterocycles. The Bertz CT molecular complexity index is 888. The average molecular weight is 413 g/mol. The summed E-state index contributed by atoms with van der Waals surface area (Å²) in [4.78, 5) is 16.9. The van der Waals surface area contributed by atoms with Gasteiger partial charge in [-0.1, -0.05) is 56.2 Å². The molecule has 3 aromatic rings. The van der Waals surface area contributed by atoms with Gasteiger partial charge in [0, 0.05) is 23.1 Å². The van der Waals surface area contributed by atoms with Crippen LogP contribution in [0.15, 0.2) is 53.9 Å². The highest BCUT2D eigenvalue weighted by molar-refractivity contribution is 7.13. The van der Waals surface area contributed by atoms with Crippen molar-refractivity contribution in [2.45, 2.75) is 45.0 Å². The van der Waals surface area contributed by atoms with Crippen LogP contribution in [0.4, 0.5) is 0 Å². The molecule has 2 aromatic carbocycles. The van der Waals surface area contributed by atoms with Crippen LogP contribution in [0.25, 0.3) is 10.6 Å². The number of aromatic nitrogens is 1. The van der Waals surface area contributed by atoms with Crippen molar-refractivity contribution in [3.8, 4) is 10.6 Å². The summed E-state index contributed by atoms with van der Waals surface area (Å²) in [6, 6.07) is 16.0. The maximum absolute atomic E-state index is 12.4. The fourth-order valence-electron chi connectivity index (χ4n) is 2.95. The minimum atomic E-state index is -0.0702. The van der Waals surface area contributed by atoms with E-state index in [-0.39, 0.29) is 5.91 Å². The van der Waals surface area contributed by atoms with E-state index in [1.807, 2.05) is 29.6 Å². The first-order valence-corrected chi connectivity index (χ1v) is 11.1. The molecule has 0 aliphatic rings. The van der Waals surface area contributed by atoms with Gasteiger partial charge in [-0.3, -0.25) is 4.79 Å². The van der Waals surface area contributed by atoms with Crippen LogP contribution in [0.1, 0.15) is 53.4 Å². The number of unbranched alkanes of at least 4 members (excludes halogenated alkanes) is 2. The van der Waals surface area contributed by atoms with E-state index < -0.39 is 0 Å². The summed E-state index contributed by atoms with van der Waals surface area (Å²) in [6.07, 6.45) is 4.87. The Morgan fingerprint density at radius 3 is 2.39 bits per heavy atom. The zero-order valence-corrected chi connectivity index (χ0v) is 17.7. The second kappa shape index (κ2) is 10.4. The first-order chi connectivity index (χ1) is 13.7. The maximum Gasteiger partial charge on any atom is 0.251 e. The van der Waals surface area contributed by atoms with Crippen LogP contribution >= 0.6 is 22.9 Å². The number of nitrogens with one attached hydrogen (secondary N) is 1. The van der Waals surface area contributed by atoms with Crippen LogP contribution in [0.3, 0.4) is 0 Å². The molecule has 5 heteroatoms. The highest BCUT2D eigenvalue weighted by Crippen LogP contribution is 2.24. The van der Waals surface area contributed by atoms with Gasteiger partial charge in [-0.05, 0) is 36.1 Å². The normalized spacial score (nSPS) is 10.8. The number of amides is 1. The predicted molar refractivity (Wildman–Crippen MR) is 118 cm³/mol. The Balaban J connectivity index is 1.53. The second-order valence-corrected chi connectivity index (χ2v) is 7.94. The number of nitrogens with zero attached hydrogens (tertiary/aromatic N) is 1. The third-order valence-electron chi connectivity index (χ3n) is 4.63. The van der Waals surface area contributed by atoms with Gasteiger partial charge < -0.3 is 5.32 Å². The minimum Gasteiger partial charge on any atom is -0.348 e. The number of carbonyl (C=O) groups excluding carboxylic acids is 1. The molecule has 3 rings (SSSR count). The van der Waals surface area contributed by atoms with E-state index in [1.165, 1.54) is 24.8 Å². The van der Waals surface area contributed by atoms with E-state index in [9.17, 15) is 4.79 Å². The van der Waals surface area contributed by atoms with Crippen molar-refractivity contribution in [3.63, 3.8) is 0 Å². The number of hydrogen-bond acceptors (Lipinski definition) is 3. The van der Waals surface area contributed by atoms with Gasteiger partial charge in [0.05, 0.1) is 11.6 Å². The number of alkyl halides is 1. The lowest BCUT2D eigenvalue weighted by molar-refractivity contribution is 0.0951. The molecule has 0 aliphatic heterocycles. The van der Waals surface area contributed by atoms with Crippen molar-refractivity contribution < 1.29 is 4.79 Å². The van der Waals surface area contributed by atoms with E-state index in [0.29, 0.717) is 18.0 Å². The van der Waals surface area contributed by atoms with E-state index >= 15 is 0 Å². The number of aryl methyl sites for hydroxylation is 1.